The Hall–Kier alpha value is -3.85. The molecule has 1 atom stereocenters. The predicted molar refractivity (Wildman–Crippen MR) is 135 cm³/mol. The predicted octanol–water partition coefficient (Wildman–Crippen LogP) is 3.06. The fourth-order valence-corrected chi connectivity index (χ4v) is 5.91. The fourth-order valence-electron chi connectivity index (χ4n) is 4.77. The molecule has 0 spiro atoms. The molecule has 3 heterocycles. The number of benzene rings is 2. The van der Waals surface area contributed by atoms with Gasteiger partial charge in [-0.1, -0.05) is 41.7 Å². The van der Waals surface area contributed by atoms with E-state index >= 15 is 0 Å². The van der Waals surface area contributed by atoms with Gasteiger partial charge in [-0.3, -0.25) is 14.2 Å². The molecule has 2 aliphatic rings. The second kappa shape index (κ2) is 8.98. The van der Waals surface area contributed by atoms with Crippen LogP contribution >= 0.6 is 11.3 Å². The van der Waals surface area contributed by atoms with Gasteiger partial charge < -0.3 is 9.64 Å². The van der Waals surface area contributed by atoms with E-state index in [0.29, 0.717) is 27.2 Å². The minimum absolute atomic E-state index is 0.107. The number of anilines is 1. The standard InChI is InChI=1S/C27H24FN3O4S/c1-5-35-26(34)20-15(4)29-27-31(22(20)16-10-12-17(28)13-11-16)25(33)23(36-27)21-18-8-6-7-9-19(18)30(14(2)3)24(21)32/h6-14,22H,5H2,1-4H3/b23-21+/t22-/m1/s1. The van der Waals surface area contributed by atoms with E-state index in [-0.39, 0.29) is 28.7 Å². The normalized spacial score (nSPS) is 18.3. The van der Waals surface area contributed by atoms with Crippen molar-refractivity contribution in [1.82, 2.24) is 4.57 Å². The first-order valence-corrected chi connectivity index (χ1v) is 12.5. The zero-order valence-corrected chi connectivity index (χ0v) is 21.1. The van der Waals surface area contributed by atoms with E-state index in [1.165, 1.54) is 28.8 Å². The quantitative estimate of drug-likeness (QED) is 0.511. The molecule has 7 nitrogen and oxygen atoms in total. The lowest BCUT2D eigenvalue weighted by molar-refractivity contribution is -0.139. The van der Waals surface area contributed by atoms with Crippen LogP contribution in [0.25, 0.3) is 5.57 Å². The van der Waals surface area contributed by atoms with Crippen LogP contribution in [0.5, 0.6) is 0 Å². The number of aromatic nitrogens is 1. The summed E-state index contributed by atoms with van der Waals surface area (Å²) in [4.78, 5) is 47.1. The number of fused-ring (bicyclic) bond motifs is 2. The average molecular weight is 506 g/mol. The summed E-state index contributed by atoms with van der Waals surface area (Å²) in [5, 5.41) is 0. The highest BCUT2D eigenvalue weighted by atomic mass is 32.1. The number of hydrogen-bond acceptors (Lipinski definition) is 6. The molecule has 9 heteroatoms. The van der Waals surface area contributed by atoms with Crippen molar-refractivity contribution in [2.24, 2.45) is 4.99 Å². The van der Waals surface area contributed by atoms with Gasteiger partial charge in [-0.05, 0) is 51.5 Å². The first-order chi connectivity index (χ1) is 17.2. The Morgan fingerprint density at radius 3 is 2.50 bits per heavy atom. The minimum Gasteiger partial charge on any atom is -0.463 e. The fraction of sp³-hybridized carbons (Fsp3) is 0.259. The highest BCUT2D eigenvalue weighted by Gasteiger charge is 2.38. The molecular weight excluding hydrogens is 481 g/mol. The first-order valence-electron chi connectivity index (χ1n) is 11.6. The highest BCUT2D eigenvalue weighted by Crippen LogP contribution is 2.36. The lowest BCUT2D eigenvalue weighted by Crippen LogP contribution is -2.41. The van der Waals surface area contributed by atoms with Crippen LogP contribution in [0.15, 0.2) is 69.6 Å². The van der Waals surface area contributed by atoms with Crippen molar-refractivity contribution in [3.8, 4) is 0 Å². The number of hydrogen-bond donors (Lipinski definition) is 0. The highest BCUT2D eigenvalue weighted by molar-refractivity contribution is 7.07. The number of esters is 1. The number of rotatable bonds is 4. The lowest BCUT2D eigenvalue weighted by atomic mass is 9.96. The summed E-state index contributed by atoms with van der Waals surface area (Å²) >= 11 is 1.11. The molecule has 5 rings (SSSR count). The Morgan fingerprint density at radius 2 is 1.83 bits per heavy atom. The average Bonchev–Trinajstić information content (AvgIpc) is 3.31. The Balaban J connectivity index is 1.82. The van der Waals surface area contributed by atoms with Crippen molar-refractivity contribution in [2.45, 2.75) is 39.8 Å². The zero-order valence-electron chi connectivity index (χ0n) is 20.2. The van der Waals surface area contributed by atoms with Gasteiger partial charge in [0.25, 0.3) is 11.5 Å². The van der Waals surface area contributed by atoms with Gasteiger partial charge in [0.05, 0.1) is 35.2 Å². The van der Waals surface area contributed by atoms with Crippen LogP contribution in [0.3, 0.4) is 0 Å². The van der Waals surface area contributed by atoms with E-state index in [4.69, 9.17) is 4.74 Å². The minimum atomic E-state index is -0.872. The molecule has 184 valence electrons. The Labute approximate surface area is 210 Å². The van der Waals surface area contributed by atoms with E-state index in [0.717, 1.165) is 17.0 Å². The Morgan fingerprint density at radius 1 is 1.14 bits per heavy atom. The van der Waals surface area contributed by atoms with E-state index in [9.17, 15) is 18.8 Å². The van der Waals surface area contributed by atoms with Gasteiger partial charge in [0, 0.05) is 11.6 Å². The summed E-state index contributed by atoms with van der Waals surface area (Å²) in [7, 11) is 0. The molecule has 0 saturated carbocycles. The van der Waals surface area contributed by atoms with Crippen LogP contribution in [-0.2, 0) is 14.3 Å². The third-order valence-electron chi connectivity index (χ3n) is 6.29. The van der Waals surface area contributed by atoms with Crippen LogP contribution in [0.4, 0.5) is 10.1 Å². The molecule has 0 unspecified atom stereocenters. The molecule has 0 N–H and O–H groups in total. The maximum absolute atomic E-state index is 14.0. The molecule has 2 aromatic carbocycles. The van der Waals surface area contributed by atoms with Gasteiger partial charge in [0.15, 0.2) is 4.80 Å². The summed E-state index contributed by atoms with van der Waals surface area (Å²) in [6, 6.07) is 12.0. The van der Waals surface area contributed by atoms with Crippen LogP contribution in [0.1, 0.15) is 44.9 Å². The molecule has 36 heavy (non-hydrogen) atoms. The van der Waals surface area contributed by atoms with Gasteiger partial charge in [0.2, 0.25) is 0 Å². The number of halogens is 1. The van der Waals surface area contributed by atoms with Crippen molar-refractivity contribution in [3.05, 3.63) is 96.4 Å². The van der Waals surface area contributed by atoms with Gasteiger partial charge in [0.1, 0.15) is 10.3 Å². The molecule has 0 bridgehead atoms. The summed E-state index contributed by atoms with van der Waals surface area (Å²) in [6.45, 7) is 7.36. The maximum atomic E-state index is 14.0. The molecule has 1 aromatic heterocycles. The zero-order chi connectivity index (χ0) is 25.7. The van der Waals surface area contributed by atoms with Crippen molar-refractivity contribution >= 4 is 34.5 Å². The molecule has 0 radical (unpaired) electrons. The van der Waals surface area contributed by atoms with E-state index in [1.807, 2.05) is 38.1 Å². The SMILES string of the molecule is CCOC(=O)C1=C(C)N=c2s/c(=C3/C(=O)N(C(C)C)c4ccccc43)c(=O)n2[C@@H]1c1ccc(F)cc1. The Bertz CT molecular complexity index is 1620. The monoisotopic (exact) mass is 505 g/mol. The molecule has 0 fully saturated rings. The summed E-state index contributed by atoms with van der Waals surface area (Å²) in [5.74, 6) is -1.29. The van der Waals surface area contributed by atoms with Crippen LogP contribution < -0.4 is 19.8 Å². The molecule has 3 aromatic rings. The number of carbonyl (C=O) groups excluding carboxylic acids is 2. The molecule has 0 saturated heterocycles. The van der Waals surface area contributed by atoms with Gasteiger partial charge in [-0.2, -0.15) is 0 Å². The molecule has 2 aliphatic heterocycles. The summed E-state index contributed by atoms with van der Waals surface area (Å²) in [5.41, 5.74) is 2.45. The van der Waals surface area contributed by atoms with Crippen LogP contribution in [0, 0.1) is 5.82 Å². The second-order valence-corrected chi connectivity index (χ2v) is 9.81. The Kier molecular flexibility index (Phi) is 5.96. The summed E-state index contributed by atoms with van der Waals surface area (Å²) in [6.07, 6.45) is 0. The van der Waals surface area contributed by atoms with Crippen molar-refractivity contribution in [2.75, 3.05) is 11.5 Å². The van der Waals surface area contributed by atoms with Crippen LogP contribution in [-0.4, -0.2) is 29.1 Å². The van der Waals surface area contributed by atoms with Crippen molar-refractivity contribution in [1.29, 1.82) is 0 Å². The van der Waals surface area contributed by atoms with Gasteiger partial charge in [-0.15, -0.1) is 0 Å². The number of amides is 1. The van der Waals surface area contributed by atoms with Crippen molar-refractivity contribution in [3.63, 3.8) is 0 Å². The maximum Gasteiger partial charge on any atom is 0.338 e. The number of nitrogens with zero attached hydrogens (tertiary/aromatic N) is 3. The largest absolute Gasteiger partial charge is 0.463 e. The third-order valence-corrected chi connectivity index (χ3v) is 7.34. The second-order valence-electron chi connectivity index (χ2n) is 8.84. The molecule has 1 amide bonds. The van der Waals surface area contributed by atoms with Gasteiger partial charge in [-0.25, -0.2) is 14.2 Å². The number of ether oxygens (including phenoxy) is 1. The third kappa shape index (κ3) is 3.62. The van der Waals surface area contributed by atoms with Crippen LogP contribution in [0.2, 0.25) is 0 Å². The molecule has 0 aliphatic carbocycles. The van der Waals surface area contributed by atoms with Gasteiger partial charge >= 0.3 is 5.97 Å². The smallest absolute Gasteiger partial charge is 0.338 e. The number of carbonyl (C=O) groups is 2. The lowest BCUT2D eigenvalue weighted by Gasteiger charge is -2.24. The number of allylic oxidation sites excluding steroid dienone is 1. The van der Waals surface area contributed by atoms with Crippen molar-refractivity contribution < 1.29 is 18.7 Å². The van der Waals surface area contributed by atoms with E-state index in [1.54, 1.807) is 18.7 Å². The van der Waals surface area contributed by atoms with E-state index in [2.05, 4.69) is 4.99 Å². The number of para-hydroxylation sites is 1. The molecular formula is C27H24FN3O4S. The topological polar surface area (TPSA) is 81.0 Å². The van der Waals surface area contributed by atoms with E-state index < -0.39 is 23.4 Å². The first kappa shape index (κ1) is 23.9. The number of thiazole rings is 1. The summed E-state index contributed by atoms with van der Waals surface area (Å²) < 4.78 is 20.7.